The van der Waals surface area contributed by atoms with Gasteiger partial charge in [-0.15, -0.1) is 0 Å². The largest absolute Gasteiger partial charge is 0.493 e. The van der Waals surface area contributed by atoms with Gasteiger partial charge in [-0.3, -0.25) is 4.79 Å². The van der Waals surface area contributed by atoms with Crippen LogP contribution in [0.5, 0.6) is 11.5 Å². The molecule has 5 heteroatoms. The third-order valence-corrected chi connectivity index (χ3v) is 3.05. The minimum Gasteiger partial charge on any atom is -0.493 e. The number of esters is 1. The smallest absolute Gasteiger partial charge is 0.305 e. The second-order valence-electron chi connectivity index (χ2n) is 4.61. The molecule has 0 heterocycles. The summed E-state index contributed by atoms with van der Waals surface area (Å²) in [6.07, 6.45) is 1.24. The molecule has 0 aliphatic carbocycles. The standard InChI is InChI=1S/C15H23NO4/c1-16(9-5-6-15(17)20-4)11-12-7-8-13(18-2)14(10-12)19-3/h7-8,10H,5-6,9,11H2,1-4H3. The van der Waals surface area contributed by atoms with E-state index in [1.165, 1.54) is 7.11 Å². The predicted octanol–water partition coefficient (Wildman–Crippen LogP) is 2.09. The van der Waals surface area contributed by atoms with Crippen LogP contribution in [0.1, 0.15) is 18.4 Å². The first kappa shape index (κ1) is 16.3. The zero-order valence-corrected chi connectivity index (χ0v) is 12.6. The van der Waals surface area contributed by atoms with E-state index in [-0.39, 0.29) is 5.97 Å². The van der Waals surface area contributed by atoms with Crippen molar-refractivity contribution in [3.05, 3.63) is 23.8 Å². The molecule has 0 saturated carbocycles. The molecule has 0 atom stereocenters. The molecule has 20 heavy (non-hydrogen) atoms. The van der Waals surface area contributed by atoms with Gasteiger partial charge in [0.25, 0.3) is 0 Å². The van der Waals surface area contributed by atoms with Gasteiger partial charge in [-0.2, -0.15) is 0 Å². The minimum atomic E-state index is -0.162. The molecule has 0 unspecified atom stereocenters. The van der Waals surface area contributed by atoms with Gasteiger partial charge in [-0.05, 0) is 37.7 Å². The molecule has 112 valence electrons. The summed E-state index contributed by atoms with van der Waals surface area (Å²) in [6.45, 7) is 1.63. The molecular formula is C15H23NO4. The quantitative estimate of drug-likeness (QED) is 0.683. The number of methoxy groups -OCH3 is 3. The van der Waals surface area contributed by atoms with Crippen LogP contribution in [0.4, 0.5) is 0 Å². The van der Waals surface area contributed by atoms with Crippen molar-refractivity contribution in [3.8, 4) is 11.5 Å². The fraction of sp³-hybridized carbons (Fsp3) is 0.533. The van der Waals surface area contributed by atoms with Crippen LogP contribution in [0.15, 0.2) is 18.2 Å². The van der Waals surface area contributed by atoms with E-state index in [0.29, 0.717) is 6.42 Å². The molecule has 0 N–H and O–H groups in total. The molecule has 0 radical (unpaired) electrons. The highest BCUT2D eigenvalue weighted by Crippen LogP contribution is 2.27. The van der Waals surface area contributed by atoms with E-state index >= 15 is 0 Å². The summed E-state index contributed by atoms with van der Waals surface area (Å²) in [5.74, 6) is 1.29. The maximum atomic E-state index is 11.0. The van der Waals surface area contributed by atoms with Crippen LogP contribution in [0.3, 0.4) is 0 Å². The van der Waals surface area contributed by atoms with Crippen molar-refractivity contribution in [2.24, 2.45) is 0 Å². The number of hydrogen-bond acceptors (Lipinski definition) is 5. The second kappa shape index (κ2) is 8.43. The summed E-state index contributed by atoms with van der Waals surface area (Å²) in [7, 11) is 6.68. The van der Waals surface area contributed by atoms with E-state index in [9.17, 15) is 4.79 Å². The Kier molecular flexibility index (Phi) is 6.87. The summed E-state index contributed by atoms with van der Waals surface area (Å²) in [6, 6.07) is 5.88. The monoisotopic (exact) mass is 281 g/mol. The highest BCUT2D eigenvalue weighted by Gasteiger charge is 2.07. The Balaban J connectivity index is 2.49. The van der Waals surface area contributed by atoms with Gasteiger partial charge in [0.2, 0.25) is 0 Å². The Morgan fingerprint density at radius 2 is 1.85 bits per heavy atom. The molecule has 0 saturated heterocycles. The van der Waals surface area contributed by atoms with Crippen LogP contribution in [-0.2, 0) is 16.1 Å². The summed E-state index contributed by atoms with van der Waals surface area (Å²) in [5.41, 5.74) is 1.14. The first-order chi connectivity index (χ1) is 9.60. The van der Waals surface area contributed by atoms with Crippen molar-refractivity contribution in [1.82, 2.24) is 4.90 Å². The van der Waals surface area contributed by atoms with Gasteiger partial charge in [0, 0.05) is 13.0 Å². The zero-order chi connectivity index (χ0) is 15.0. The molecule has 0 spiro atoms. The third kappa shape index (κ3) is 5.09. The lowest BCUT2D eigenvalue weighted by Crippen LogP contribution is -2.20. The van der Waals surface area contributed by atoms with Crippen molar-refractivity contribution in [2.75, 3.05) is 34.9 Å². The summed E-state index contributed by atoms with van der Waals surface area (Å²) in [5, 5.41) is 0. The molecule has 0 amide bonds. The number of carbonyl (C=O) groups is 1. The Hall–Kier alpha value is -1.75. The average molecular weight is 281 g/mol. The van der Waals surface area contributed by atoms with Crippen LogP contribution < -0.4 is 9.47 Å². The number of carbonyl (C=O) groups excluding carboxylic acids is 1. The van der Waals surface area contributed by atoms with Crippen LogP contribution >= 0.6 is 0 Å². The van der Waals surface area contributed by atoms with Gasteiger partial charge in [0.15, 0.2) is 11.5 Å². The Bertz CT molecular complexity index is 434. The summed E-state index contributed by atoms with van der Waals surface area (Å²) < 4.78 is 15.1. The van der Waals surface area contributed by atoms with E-state index < -0.39 is 0 Å². The van der Waals surface area contributed by atoms with E-state index in [4.69, 9.17) is 9.47 Å². The molecule has 5 nitrogen and oxygen atoms in total. The average Bonchev–Trinajstić information content (AvgIpc) is 2.46. The van der Waals surface area contributed by atoms with Gasteiger partial charge in [0.1, 0.15) is 0 Å². The molecular weight excluding hydrogens is 258 g/mol. The van der Waals surface area contributed by atoms with Crippen LogP contribution in [0, 0.1) is 0 Å². The third-order valence-electron chi connectivity index (χ3n) is 3.05. The van der Waals surface area contributed by atoms with E-state index in [0.717, 1.165) is 36.6 Å². The highest BCUT2D eigenvalue weighted by atomic mass is 16.5. The molecule has 1 rings (SSSR count). The number of benzene rings is 1. The molecule has 0 aliphatic heterocycles. The lowest BCUT2D eigenvalue weighted by molar-refractivity contribution is -0.140. The first-order valence-electron chi connectivity index (χ1n) is 6.57. The maximum Gasteiger partial charge on any atom is 0.305 e. The Labute approximate surface area is 120 Å². The molecule has 1 aromatic carbocycles. The Morgan fingerprint density at radius 3 is 2.45 bits per heavy atom. The fourth-order valence-electron chi connectivity index (χ4n) is 1.97. The normalized spacial score (nSPS) is 10.4. The van der Waals surface area contributed by atoms with Crippen LogP contribution in [-0.4, -0.2) is 45.8 Å². The Morgan fingerprint density at radius 1 is 1.15 bits per heavy atom. The number of hydrogen-bond donors (Lipinski definition) is 0. The maximum absolute atomic E-state index is 11.0. The topological polar surface area (TPSA) is 48.0 Å². The molecule has 0 aromatic heterocycles. The lowest BCUT2D eigenvalue weighted by Gasteiger charge is -2.17. The van der Waals surface area contributed by atoms with Crippen molar-refractivity contribution in [1.29, 1.82) is 0 Å². The first-order valence-corrected chi connectivity index (χ1v) is 6.57. The van der Waals surface area contributed by atoms with Crippen LogP contribution in [0.2, 0.25) is 0 Å². The van der Waals surface area contributed by atoms with E-state index in [2.05, 4.69) is 9.64 Å². The molecule has 0 aliphatic rings. The molecule has 0 bridgehead atoms. The SMILES string of the molecule is COC(=O)CCCN(C)Cc1ccc(OC)c(OC)c1. The summed E-state index contributed by atoms with van der Waals surface area (Å²) in [4.78, 5) is 13.2. The lowest BCUT2D eigenvalue weighted by atomic mass is 10.2. The van der Waals surface area contributed by atoms with Crippen molar-refractivity contribution < 1.29 is 19.0 Å². The van der Waals surface area contributed by atoms with Gasteiger partial charge >= 0.3 is 5.97 Å². The number of ether oxygens (including phenoxy) is 3. The fourth-order valence-corrected chi connectivity index (χ4v) is 1.97. The van der Waals surface area contributed by atoms with Crippen molar-refractivity contribution in [3.63, 3.8) is 0 Å². The number of rotatable bonds is 8. The predicted molar refractivity (Wildman–Crippen MR) is 77.1 cm³/mol. The minimum absolute atomic E-state index is 0.162. The van der Waals surface area contributed by atoms with Gasteiger partial charge in [-0.25, -0.2) is 0 Å². The van der Waals surface area contributed by atoms with E-state index in [1.54, 1.807) is 14.2 Å². The molecule has 0 fully saturated rings. The van der Waals surface area contributed by atoms with Gasteiger partial charge in [-0.1, -0.05) is 6.07 Å². The highest BCUT2D eigenvalue weighted by molar-refractivity contribution is 5.69. The van der Waals surface area contributed by atoms with Gasteiger partial charge in [0.05, 0.1) is 21.3 Å². The van der Waals surface area contributed by atoms with E-state index in [1.807, 2.05) is 25.2 Å². The molecule has 1 aromatic rings. The zero-order valence-electron chi connectivity index (χ0n) is 12.6. The second-order valence-corrected chi connectivity index (χ2v) is 4.61. The van der Waals surface area contributed by atoms with Crippen molar-refractivity contribution in [2.45, 2.75) is 19.4 Å². The summed E-state index contributed by atoms with van der Waals surface area (Å²) >= 11 is 0. The number of nitrogens with zero attached hydrogens (tertiary/aromatic N) is 1. The van der Waals surface area contributed by atoms with Gasteiger partial charge < -0.3 is 19.1 Å². The van der Waals surface area contributed by atoms with Crippen LogP contribution in [0.25, 0.3) is 0 Å². The van der Waals surface area contributed by atoms with Crippen molar-refractivity contribution >= 4 is 5.97 Å².